The number of ether oxygens (including phenoxy) is 2. The fraction of sp³-hybridized carbons (Fsp3) is 0.900. The number of carbonyl (C=O) groups is 3. The molecule has 0 amide bonds. The number of hydrogen-bond acceptors (Lipinski definition) is 5. The van der Waals surface area contributed by atoms with E-state index in [1.54, 1.807) is 0 Å². The van der Waals surface area contributed by atoms with Crippen molar-refractivity contribution in [2.75, 3.05) is 6.61 Å². The summed E-state index contributed by atoms with van der Waals surface area (Å²) in [5.74, 6) is 2.76. The second-order valence-electron chi connectivity index (χ2n) is 12.8. The van der Waals surface area contributed by atoms with Crippen molar-refractivity contribution in [3.05, 3.63) is 0 Å². The van der Waals surface area contributed by atoms with E-state index in [2.05, 4.69) is 27.7 Å². The highest BCUT2D eigenvalue weighted by molar-refractivity contribution is 5.86. The minimum atomic E-state index is -0.200. The highest BCUT2D eigenvalue weighted by Crippen LogP contribution is 2.68. The molecule has 4 fully saturated rings. The van der Waals surface area contributed by atoms with Gasteiger partial charge >= 0.3 is 11.9 Å². The van der Waals surface area contributed by atoms with E-state index in [0.29, 0.717) is 48.4 Å². The summed E-state index contributed by atoms with van der Waals surface area (Å²) in [7, 11) is 0. The molecule has 35 heavy (non-hydrogen) atoms. The lowest BCUT2D eigenvalue weighted by molar-refractivity contribution is -0.178. The quantitative estimate of drug-likeness (QED) is 0.389. The Hall–Kier alpha value is -1.39. The fourth-order valence-corrected chi connectivity index (χ4v) is 9.72. The first-order valence-electron chi connectivity index (χ1n) is 14.4. The van der Waals surface area contributed by atoms with Gasteiger partial charge in [-0.15, -0.1) is 0 Å². The van der Waals surface area contributed by atoms with Crippen molar-refractivity contribution in [3.8, 4) is 0 Å². The van der Waals surface area contributed by atoms with Gasteiger partial charge in [-0.25, -0.2) is 0 Å². The Kier molecular flexibility index (Phi) is 7.75. The molecule has 4 aliphatic carbocycles. The first kappa shape index (κ1) is 26.7. The maximum atomic E-state index is 14.2. The Morgan fingerprint density at radius 3 is 2.34 bits per heavy atom. The van der Waals surface area contributed by atoms with Crippen LogP contribution in [-0.4, -0.2) is 30.4 Å². The molecule has 5 nitrogen and oxygen atoms in total. The molecule has 4 rings (SSSR count). The van der Waals surface area contributed by atoms with Crippen LogP contribution in [0.1, 0.15) is 106 Å². The van der Waals surface area contributed by atoms with Crippen LogP contribution in [0.4, 0.5) is 0 Å². The van der Waals surface area contributed by atoms with Crippen molar-refractivity contribution < 1.29 is 23.9 Å². The summed E-state index contributed by atoms with van der Waals surface area (Å²) in [5.41, 5.74) is 0.339. The summed E-state index contributed by atoms with van der Waals surface area (Å²) in [5, 5.41) is 0. The third-order valence-corrected chi connectivity index (χ3v) is 11.3. The first-order chi connectivity index (χ1) is 16.6. The molecule has 0 aromatic carbocycles. The largest absolute Gasteiger partial charge is 0.466 e. The van der Waals surface area contributed by atoms with Crippen LogP contribution in [0.15, 0.2) is 0 Å². The lowest BCUT2D eigenvalue weighted by Gasteiger charge is -2.62. The molecule has 4 aliphatic rings. The Morgan fingerprint density at radius 2 is 1.69 bits per heavy atom. The maximum absolute atomic E-state index is 14.2. The molecule has 198 valence electrons. The Balaban J connectivity index is 1.54. The standard InChI is InChI=1S/C30H48O5/c1-7-21-25-17-20(35-19(4)31)13-15-30(25,6)24-14-16-29(5)22(10-11-23(29)27(24)28(21)33)18(3)9-12-26(32)34-8-2/h18,20-25,27H,7-17H2,1-6H3/t18-,20-,21?,22?,23?,24?,25?,27?,29-,30-/m1/s1. The van der Waals surface area contributed by atoms with E-state index in [-0.39, 0.29) is 40.7 Å². The lowest BCUT2D eigenvalue weighted by atomic mass is 9.42. The zero-order valence-electron chi connectivity index (χ0n) is 22.9. The van der Waals surface area contributed by atoms with Crippen LogP contribution in [0.3, 0.4) is 0 Å². The second-order valence-corrected chi connectivity index (χ2v) is 12.8. The zero-order valence-corrected chi connectivity index (χ0v) is 22.9. The monoisotopic (exact) mass is 488 g/mol. The molecule has 0 bridgehead atoms. The zero-order chi connectivity index (χ0) is 25.5. The van der Waals surface area contributed by atoms with Gasteiger partial charge in [0.15, 0.2) is 0 Å². The van der Waals surface area contributed by atoms with Gasteiger partial charge in [0, 0.05) is 25.2 Å². The fourth-order valence-electron chi connectivity index (χ4n) is 9.72. The predicted octanol–water partition coefficient (Wildman–Crippen LogP) is 6.37. The molecule has 0 aromatic rings. The number of esters is 2. The van der Waals surface area contributed by atoms with Crippen LogP contribution >= 0.6 is 0 Å². The van der Waals surface area contributed by atoms with Gasteiger partial charge in [0.05, 0.1) is 6.61 Å². The molecule has 10 atom stereocenters. The third-order valence-electron chi connectivity index (χ3n) is 11.3. The number of rotatable bonds is 7. The number of Topliss-reactive ketones (excluding diaryl/α,β-unsaturated/α-hetero) is 1. The van der Waals surface area contributed by atoms with Crippen molar-refractivity contribution in [3.63, 3.8) is 0 Å². The van der Waals surface area contributed by atoms with E-state index in [1.165, 1.54) is 19.8 Å². The Labute approximate surface area is 212 Å². The van der Waals surface area contributed by atoms with Crippen molar-refractivity contribution >= 4 is 17.7 Å². The van der Waals surface area contributed by atoms with Gasteiger partial charge < -0.3 is 9.47 Å². The minimum Gasteiger partial charge on any atom is -0.466 e. The highest BCUT2D eigenvalue weighted by atomic mass is 16.5. The molecular weight excluding hydrogens is 440 g/mol. The Morgan fingerprint density at radius 1 is 1.00 bits per heavy atom. The van der Waals surface area contributed by atoms with Crippen molar-refractivity contribution in [1.29, 1.82) is 0 Å². The third kappa shape index (κ3) is 4.59. The van der Waals surface area contributed by atoms with Gasteiger partial charge in [-0.1, -0.05) is 27.7 Å². The summed E-state index contributed by atoms with van der Waals surface area (Å²) in [6, 6.07) is 0. The number of ketones is 1. The van der Waals surface area contributed by atoms with E-state index in [0.717, 1.165) is 44.9 Å². The first-order valence-corrected chi connectivity index (χ1v) is 14.4. The number of hydrogen-bond donors (Lipinski definition) is 0. The number of fused-ring (bicyclic) bond motifs is 5. The van der Waals surface area contributed by atoms with Crippen LogP contribution < -0.4 is 0 Å². The van der Waals surface area contributed by atoms with Gasteiger partial charge in [0.1, 0.15) is 11.9 Å². The summed E-state index contributed by atoms with van der Waals surface area (Å²) in [4.78, 5) is 37.8. The second kappa shape index (κ2) is 10.2. The SMILES string of the molecule is CCOC(=O)CC[C@@H](C)C1CCC2C3C(=O)C(CC)C4C[C@H](OC(C)=O)CC[C@]4(C)C3CC[C@@]21C. The molecule has 5 heteroatoms. The van der Waals surface area contributed by atoms with Gasteiger partial charge in [0.2, 0.25) is 0 Å². The molecule has 6 unspecified atom stereocenters. The van der Waals surface area contributed by atoms with Crippen LogP contribution in [0.5, 0.6) is 0 Å². The number of carbonyl (C=O) groups excluding carboxylic acids is 3. The summed E-state index contributed by atoms with van der Waals surface area (Å²) in [6.45, 7) is 13.2. The average molecular weight is 489 g/mol. The van der Waals surface area contributed by atoms with Gasteiger partial charge in [-0.05, 0) is 105 Å². The average Bonchev–Trinajstić information content (AvgIpc) is 3.16. The molecular formula is C30H48O5. The van der Waals surface area contributed by atoms with Gasteiger partial charge in [-0.3, -0.25) is 14.4 Å². The normalized spacial score (nSPS) is 43.5. The van der Waals surface area contributed by atoms with Gasteiger partial charge in [-0.2, -0.15) is 0 Å². The Bertz CT molecular complexity index is 822. The summed E-state index contributed by atoms with van der Waals surface area (Å²) >= 11 is 0. The molecule has 4 saturated carbocycles. The van der Waals surface area contributed by atoms with E-state index in [9.17, 15) is 14.4 Å². The molecule has 0 saturated heterocycles. The molecule has 0 aromatic heterocycles. The van der Waals surface area contributed by atoms with Crippen LogP contribution in [0.25, 0.3) is 0 Å². The van der Waals surface area contributed by atoms with E-state index < -0.39 is 0 Å². The molecule has 0 radical (unpaired) electrons. The van der Waals surface area contributed by atoms with Crippen molar-refractivity contribution in [2.24, 2.45) is 52.3 Å². The molecule has 0 spiro atoms. The van der Waals surface area contributed by atoms with Crippen molar-refractivity contribution in [1.82, 2.24) is 0 Å². The predicted molar refractivity (Wildman–Crippen MR) is 135 cm³/mol. The van der Waals surface area contributed by atoms with E-state index in [1.807, 2.05) is 6.92 Å². The van der Waals surface area contributed by atoms with Crippen molar-refractivity contribution in [2.45, 2.75) is 112 Å². The van der Waals surface area contributed by atoms with Crippen LogP contribution in [0.2, 0.25) is 0 Å². The molecule has 0 N–H and O–H groups in total. The lowest BCUT2D eigenvalue weighted by Crippen LogP contribution is -2.60. The molecule has 0 heterocycles. The molecule has 0 aliphatic heterocycles. The minimum absolute atomic E-state index is 0.0334. The van der Waals surface area contributed by atoms with Gasteiger partial charge in [0.25, 0.3) is 0 Å². The smallest absolute Gasteiger partial charge is 0.305 e. The van der Waals surface area contributed by atoms with Crippen LogP contribution in [-0.2, 0) is 23.9 Å². The van der Waals surface area contributed by atoms with E-state index in [4.69, 9.17) is 9.47 Å². The maximum Gasteiger partial charge on any atom is 0.305 e. The van der Waals surface area contributed by atoms with Crippen LogP contribution in [0, 0.1) is 52.3 Å². The summed E-state index contributed by atoms with van der Waals surface area (Å²) in [6.07, 6.45) is 9.70. The summed E-state index contributed by atoms with van der Waals surface area (Å²) < 4.78 is 10.8. The topological polar surface area (TPSA) is 69.7 Å². The highest BCUT2D eigenvalue weighted by Gasteiger charge is 2.65. The van der Waals surface area contributed by atoms with E-state index >= 15 is 0 Å².